The Kier molecular flexibility index (Phi) is 5.81. The van der Waals surface area contributed by atoms with E-state index in [2.05, 4.69) is 21.2 Å². The smallest absolute Gasteiger partial charge is 0.339 e. The molecule has 5 nitrogen and oxygen atoms in total. The van der Waals surface area contributed by atoms with Gasteiger partial charge < -0.3 is 10.1 Å². The van der Waals surface area contributed by atoms with Gasteiger partial charge in [0.05, 0.1) is 5.56 Å². The van der Waals surface area contributed by atoms with Crippen molar-refractivity contribution in [1.29, 1.82) is 0 Å². The summed E-state index contributed by atoms with van der Waals surface area (Å²) in [5, 5.41) is 2.58. The van der Waals surface area contributed by atoms with E-state index in [4.69, 9.17) is 4.74 Å². The highest BCUT2D eigenvalue weighted by atomic mass is 79.9. The number of Topliss-reactive ketones (excluding diaryl/α,β-unsaturated/α-hetero) is 1. The number of nitrogens with one attached hydrogen (secondary N) is 1. The van der Waals surface area contributed by atoms with Gasteiger partial charge in [0.25, 0.3) is 0 Å². The maximum atomic E-state index is 13.2. The predicted octanol–water partition coefficient (Wildman–Crippen LogP) is 3.59. The summed E-state index contributed by atoms with van der Waals surface area (Å²) in [6, 6.07) is 9.77. The highest BCUT2D eigenvalue weighted by Crippen LogP contribution is 2.19. The van der Waals surface area contributed by atoms with Crippen molar-refractivity contribution in [2.45, 2.75) is 6.92 Å². The monoisotopic (exact) mass is 393 g/mol. The van der Waals surface area contributed by atoms with Gasteiger partial charge in [-0.1, -0.05) is 0 Å². The zero-order valence-electron chi connectivity index (χ0n) is 12.6. The van der Waals surface area contributed by atoms with E-state index in [1.165, 1.54) is 31.2 Å². The molecule has 0 unspecified atom stereocenters. The number of benzene rings is 2. The van der Waals surface area contributed by atoms with Crippen molar-refractivity contribution in [3.8, 4) is 0 Å². The van der Waals surface area contributed by atoms with Crippen LogP contribution in [0.25, 0.3) is 0 Å². The molecule has 0 spiro atoms. The van der Waals surface area contributed by atoms with E-state index < -0.39 is 24.2 Å². The lowest BCUT2D eigenvalue weighted by atomic mass is 10.1. The van der Waals surface area contributed by atoms with E-state index in [0.29, 0.717) is 15.7 Å². The summed E-state index contributed by atoms with van der Waals surface area (Å²) >= 11 is 3.12. The molecule has 7 heteroatoms. The summed E-state index contributed by atoms with van der Waals surface area (Å²) in [5.74, 6) is -2.01. The van der Waals surface area contributed by atoms with Gasteiger partial charge in [-0.2, -0.15) is 0 Å². The minimum Gasteiger partial charge on any atom is -0.454 e. The van der Waals surface area contributed by atoms with Gasteiger partial charge in [-0.05, 0) is 58.4 Å². The standard InChI is InChI=1S/C17H13BrFNO4/c1-10(21)20-13-5-2-11(3-6-13)16(22)9-24-17(23)14-8-12(19)4-7-15(14)18/h2-8H,9H2,1H3,(H,20,21). The molecule has 124 valence electrons. The first kappa shape index (κ1) is 17.8. The molecule has 0 atom stereocenters. The number of rotatable bonds is 5. The van der Waals surface area contributed by atoms with Crippen LogP contribution in [-0.4, -0.2) is 24.3 Å². The molecule has 0 bridgehead atoms. The third-order valence-corrected chi connectivity index (χ3v) is 3.70. The number of amides is 1. The third kappa shape index (κ3) is 4.73. The number of carbonyl (C=O) groups is 3. The topological polar surface area (TPSA) is 72.5 Å². The average Bonchev–Trinajstić information content (AvgIpc) is 2.54. The van der Waals surface area contributed by atoms with E-state index in [-0.39, 0.29) is 11.5 Å². The molecule has 0 fully saturated rings. The van der Waals surface area contributed by atoms with Gasteiger partial charge in [-0.25, -0.2) is 9.18 Å². The van der Waals surface area contributed by atoms with Gasteiger partial charge in [0.2, 0.25) is 5.91 Å². The van der Waals surface area contributed by atoms with Crippen LogP contribution in [0.5, 0.6) is 0 Å². The SMILES string of the molecule is CC(=O)Nc1ccc(C(=O)COC(=O)c2cc(F)ccc2Br)cc1. The Morgan fingerprint density at radius 2 is 1.79 bits per heavy atom. The molecule has 0 aliphatic carbocycles. The highest BCUT2D eigenvalue weighted by Gasteiger charge is 2.15. The Morgan fingerprint density at radius 3 is 2.42 bits per heavy atom. The van der Waals surface area contributed by atoms with Crippen LogP contribution in [0.1, 0.15) is 27.6 Å². The maximum Gasteiger partial charge on any atom is 0.339 e. The summed E-state index contributed by atoms with van der Waals surface area (Å²) < 4.78 is 18.5. The van der Waals surface area contributed by atoms with Crippen LogP contribution in [0.2, 0.25) is 0 Å². The summed E-state index contributed by atoms with van der Waals surface area (Å²) in [6.45, 7) is 0.907. The van der Waals surface area contributed by atoms with Crippen LogP contribution >= 0.6 is 15.9 Å². The molecule has 0 aromatic heterocycles. The number of carbonyl (C=O) groups excluding carboxylic acids is 3. The molecule has 24 heavy (non-hydrogen) atoms. The van der Waals surface area contributed by atoms with Crippen molar-refractivity contribution in [1.82, 2.24) is 0 Å². The van der Waals surface area contributed by atoms with E-state index in [0.717, 1.165) is 6.07 Å². The van der Waals surface area contributed by atoms with E-state index >= 15 is 0 Å². The second kappa shape index (κ2) is 7.83. The zero-order chi connectivity index (χ0) is 17.7. The number of anilines is 1. The molecule has 1 amide bonds. The summed E-state index contributed by atoms with van der Waals surface area (Å²) in [6.07, 6.45) is 0. The van der Waals surface area contributed by atoms with Crippen molar-refractivity contribution in [2.24, 2.45) is 0 Å². The molecular formula is C17H13BrFNO4. The normalized spacial score (nSPS) is 10.1. The Labute approximate surface area is 145 Å². The van der Waals surface area contributed by atoms with E-state index in [9.17, 15) is 18.8 Å². The van der Waals surface area contributed by atoms with E-state index in [1.54, 1.807) is 12.1 Å². The molecule has 2 aromatic rings. The van der Waals surface area contributed by atoms with Crippen LogP contribution in [0.4, 0.5) is 10.1 Å². The minimum atomic E-state index is -0.801. The van der Waals surface area contributed by atoms with Crippen molar-refractivity contribution >= 4 is 39.3 Å². The quantitative estimate of drug-likeness (QED) is 0.622. The Bertz CT molecular complexity index is 790. The molecule has 0 heterocycles. The fourth-order valence-electron chi connectivity index (χ4n) is 1.89. The number of hydrogen-bond acceptors (Lipinski definition) is 4. The fourth-order valence-corrected chi connectivity index (χ4v) is 2.30. The lowest BCUT2D eigenvalue weighted by molar-refractivity contribution is -0.114. The first-order valence-corrected chi connectivity index (χ1v) is 7.69. The maximum absolute atomic E-state index is 13.2. The van der Waals surface area contributed by atoms with Gasteiger partial charge >= 0.3 is 5.97 Å². The average molecular weight is 394 g/mol. The van der Waals surface area contributed by atoms with Crippen molar-refractivity contribution in [2.75, 3.05) is 11.9 Å². The Morgan fingerprint density at radius 1 is 1.12 bits per heavy atom. The second-order valence-corrected chi connectivity index (χ2v) is 5.74. The largest absolute Gasteiger partial charge is 0.454 e. The van der Waals surface area contributed by atoms with Crippen LogP contribution in [0.3, 0.4) is 0 Å². The first-order valence-electron chi connectivity index (χ1n) is 6.90. The number of ether oxygens (including phenoxy) is 1. The number of ketones is 1. The third-order valence-electron chi connectivity index (χ3n) is 3.01. The minimum absolute atomic E-state index is 0.00352. The molecular weight excluding hydrogens is 381 g/mol. The predicted molar refractivity (Wildman–Crippen MR) is 89.5 cm³/mol. The molecule has 0 aliphatic heterocycles. The van der Waals surface area contributed by atoms with Gasteiger partial charge in [0.15, 0.2) is 12.4 Å². The lowest BCUT2D eigenvalue weighted by Crippen LogP contribution is -2.15. The molecule has 2 rings (SSSR count). The van der Waals surface area contributed by atoms with Gasteiger partial charge in [0, 0.05) is 22.6 Å². The van der Waals surface area contributed by atoms with Crippen molar-refractivity contribution < 1.29 is 23.5 Å². The number of esters is 1. The highest BCUT2D eigenvalue weighted by molar-refractivity contribution is 9.10. The molecule has 0 saturated carbocycles. The fraction of sp³-hybridized carbons (Fsp3) is 0.118. The summed E-state index contributed by atoms with van der Waals surface area (Å²) in [7, 11) is 0. The van der Waals surface area contributed by atoms with Gasteiger partial charge in [-0.3, -0.25) is 9.59 Å². The first-order chi connectivity index (χ1) is 11.4. The van der Waals surface area contributed by atoms with Gasteiger partial charge in [-0.15, -0.1) is 0 Å². The Hall–Kier alpha value is -2.54. The summed E-state index contributed by atoms with van der Waals surface area (Å²) in [4.78, 5) is 34.9. The molecule has 2 aromatic carbocycles. The molecule has 1 N–H and O–H groups in total. The van der Waals surface area contributed by atoms with Gasteiger partial charge in [0.1, 0.15) is 5.82 Å². The van der Waals surface area contributed by atoms with Crippen molar-refractivity contribution in [3.05, 3.63) is 63.9 Å². The molecule has 0 aliphatic rings. The molecule has 0 radical (unpaired) electrons. The van der Waals surface area contributed by atoms with E-state index in [1.807, 2.05) is 0 Å². The van der Waals surface area contributed by atoms with Crippen LogP contribution in [-0.2, 0) is 9.53 Å². The Balaban J connectivity index is 1.98. The van der Waals surface area contributed by atoms with Crippen LogP contribution < -0.4 is 5.32 Å². The zero-order valence-corrected chi connectivity index (χ0v) is 14.2. The lowest BCUT2D eigenvalue weighted by Gasteiger charge is -2.07. The molecule has 0 saturated heterocycles. The van der Waals surface area contributed by atoms with Crippen LogP contribution in [0.15, 0.2) is 46.9 Å². The number of halogens is 2. The van der Waals surface area contributed by atoms with Crippen molar-refractivity contribution in [3.63, 3.8) is 0 Å². The number of hydrogen-bond donors (Lipinski definition) is 1. The van der Waals surface area contributed by atoms with Crippen LogP contribution in [0, 0.1) is 5.82 Å². The second-order valence-electron chi connectivity index (χ2n) is 4.88. The summed E-state index contributed by atoms with van der Waals surface area (Å²) in [5.41, 5.74) is 0.888.